The van der Waals surface area contributed by atoms with Gasteiger partial charge < -0.3 is 10.2 Å². The molecule has 5 heteroatoms. The van der Waals surface area contributed by atoms with Crippen molar-refractivity contribution >= 4 is 33.3 Å². The quantitative estimate of drug-likeness (QED) is 0.782. The van der Waals surface area contributed by atoms with Gasteiger partial charge in [0.05, 0.1) is 5.39 Å². The normalized spacial score (nSPS) is 11.0. The summed E-state index contributed by atoms with van der Waals surface area (Å²) in [5.41, 5.74) is 0. The highest BCUT2D eigenvalue weighted by Crippen LogP contribution is 2.32. The summed E-state index contributed by atoms with van der Waals surface area (Å²) in [5.74, 6) is 1.81. The van der Waals surface area contributed by atoms with Crippen LogP contribution < -0.4 is 10.2 Å². The lowest BCUT2D eigenvalue weighted by molar-refractivity contribution is 0.673. The van der Waals surface area contributed by atoms with Crippen LogP contribution in [0.15, 0.2) is 6.07 Å². The van der Waals surface area contributed by atoms with Crippen molar-refractivity contribution in [3.8, 4) is 0 Å². The topological polar surface area (TPSA) is 41.1 Å². The van der Waals surface area contributed by atoms with Gasteiger partial charge in [0.1, 0.15) is 10.6 Å². The van der Waals surface area contributed by atoms with Crippen molar-refractivity contribution in [3.05, 3.63) is 10.9 Å². The second-order valence-electron chi connectivity index (χ2n) is 5.39. The van der Waals surface area contributed by atoms with Gasteiger partial charge >= 0.3 is 0 Å². The molecule has 21 heavy (non-hydrogen) atoms. The molecule has 0 aromatic carbocycles. The molecule has 1 N–H and O–H groups in total. The first-order valence-electron chi connectivity index (χ1n) is 7.90. The van der Waals surface area contributed by atoms with Crippen molar-refractivity contribution in [1.82, 2.24) is 9.97 Å². The van der Waals surface area contributed by atoms with Crippen LogP contribution in [0.3, 0.4) is 0 Å². The number of fused-ring (bicyclic) bond motifs is 1. The predicted molar refractivity (Wildman–Crippen MR) is 93.7 cm³/mol. The summed E-state index contributed by atoms with van der Waals surface area (Å²) in [6.07, 6.45) is 4.82. The van der Waals surface area contributed by atoms with Gasteiger partial charge in [-0.25, -0.2) is 4.98 Å². The molecule has 116 valence electrons. The molecule has 2 aromatic heterocycles. The average molecular weight is 306 g/mol. The number of aromatic nitrogens is 2. The molecular formula is C16H26N4S. The molecule has 2 heterocycles. The zero-order chi connectivity index (χ0) is 15.2. The van der Waals surface area contributed by atoms with E-state index < -0.39 is 0 Å². The Kier molecular flexibility index (Phi) is 5.79. The van der Waals surface area contributed by atoms with Gasteiger partial charge in [0.25, 0.3) is 0 Å². The summed E-state index contributed by atoms with van der Waals surface area (Å²) in [7, 11) is 1.88. The van der Waals surface area contributed by atoms with Crippen molar-refractivity contribution in [2.75, 3.05) is 30.4 Å². The molecule has 0 aliphatic rings. The Labute approximate surface area is 131 Å². The average Bonchev–Trinajstić information content (AvgIpc) is 2.86. The Morgan fingerprint density at radius 2 is 1.81 bits per heavy atom. The molecule has 2 rings (SSSR count). The van der Waals surface area contributed by atoms with E-state index in [0.717, 1.165) is 29.7 Å². The van der Waals surface area contributed by atoms with E-state index in [1.807, 2.05) is 7.05 Å². The van der Waals surface area contributed by atoms with Crippen LogP contribution in [0.25, 0.3) is 10.2 Å². The first kappa shape index (κ1) is 16.0. The summed E-state index contributed by atoms with van der Waals surface area (Å²) in [6.45, 7) is 8.75. The minimum Gasteiger partial charge on any atom is -0.357 e. The molecule has 0 saturated heterocycles. The maximum atomic E-state index is 4.75. The van der Waals surface area contributed by atoms with E-state index in [0.29, 0.717) is 0 Å². The zero-order valence-electron chi connectivity index (χ0n) is 13.6. The molecule has 0 aliphatic carbocycles. The van der Waals surface area contributed by atoms with Crippen molar-refractivity contribution in [1.29, 1.82) is 0 Å². The predicted octanol–water partition coefficient (Wildman–Crippen LogP) is 4.45. The number of hydrogen-bond acceptors (Lipinski definition) is 5. The van der Waals surface area contributed by atoms with Crippen molar-refractivity contribution in [2.24, 2.45) is 0 Å². The fraction of sp³-hybridized carbons (Fsp3) is 0.625. The molecule has 0 aliphatic heterocycles. The van der Waals surface area contributed by atoms with E-state index in [4.69, 9.17) is 4.98 Å². The lowest BCUT2D eigenvalue weighted by Gasteiger charge is -2.24. The minimum atomic E-state index is 0.720. The van der Waals surface area contributed by atoms with Crippen LogP contribution in [-0.4, -0.2) is 30.1 Å². The first-order valence-corrected chi connectivity index (χ1v) is 8.72. The Morgan fingerprint density at radius 3 is 2.38 bits per heavy atom. The van der Waals surface area contributed by atoms with Crippen molar-refractivity contribution in [3.63, 3.8) is 0 Å². The third-order valence-electron chi connectivity index (χ3n) is 3.58. The highest BCUT2D eigenvalue weighted by Gasteiger charge is 2.15. The van der Waals surface area contributed by atoms with E-state index in [9.17, 15) is 0 Å². The van der Waals surface area contributed by atoms with Crippen molar-refractivity contribution < 1.29 is 0 Å². The summed E-state index contributed by atoms with van der Waals surface area (Å²) in [4.78, 5) is 14.1. The second kappa shape index (κ2) is 7.59. The van der Waals surface area contributed by atoms with Gasteiger partial charge in [-0.05, 0) is 25.8 Å². The molecular weight excluding hydrogens is 280 g/mol. The van der Waals surface area contributed by atoms with E-state index in [1.54, 1.807) is 11.3 Å². The van der Waals surface area contributed by atoms with Gasteiger partial charge in [-0.15, -0.1) is 11.3 Å². The number of thiophene rings is 1. The van der Waals surface area contributed by atoms with Gasteiger partial charge in [-0.3, -0.25) is 0 Å². The Morgan fingerprint density at radius 1 is 1.14 bits per heavy atom. The molecule has 0 bridgehead atoms. The van der Waals surface area contributed by atoms with Crippen LogP contribution in [0.5, 0.6) is 0 Å². The number of rotatable bonds is 8. The number of hydrogen-bond donors (Lipinski definition) is 1. The minimum absolute atomic E-state index is 0.720. The van der Waals surface area contributed by atoms with E-state index in [1.165, 1.54) is 35.9 Å². The molecule has 0 fully saturated rings. The van der Waals surface area contributed by atoms with E-state index in [-0.39, 0.29) is 0 Å². The van der Waals surface area contributed by atoms with Crippen molar-refractivity contribution in [2.45, 2.75) is 46.5 Å². The van der Waals surface area contributed by atoms with E-state index in [2.05, 4.69) is 42.0 Å². The van der Waals surface area contributed by atoms with Crippen LogP contribution in [0, 0.1) is 6.92 Å². The summed E-state index contributed by atoms with van der Waals surface area (Å²) < 4.78 is 0. The molecule has 2 aromatic rings. The van der Waals surface area contributed by atoms with Crippen LogP contribution >= 0.6 is 11.3 Å². The van der Waals surface area contributed by atoms with Gasteiger partial charge in [0, 0.05) is 25.0 Å². The summed E-state index contributed by atoms with van der Waals surface area (Å²) in [5, 5.41) is 4.29. The van der Waals surface area contributed by atoms with Crippen LogP contribution in [-0.2, 0) is 0 Å². The lowest BCUT2D eigenvalue weighted by Crippen LogP contribution is -2.27. The van der Waals surface area contributed by atoms with Gasteiger partial charge in [-0.2, -0.15) is 4.98 Å². The number of nitrogens with one attached hydrogen (secondary N) is 1. The number of unbranched alkanes of at least 4 members (excludes halogenated alkanes) is 2. The summed E-state index contributed by atoms with van der Waals surface area (Å²) >= 11 is 1.74. The molecule has 0 amide bonds. The summed E-state index contributed by atoms with van der Waals surface area (Å²) in [6, 6.07) is 2.22. The molecule has 0 spiro atoms. The van der Waals surface area contributed by atoms with Crippen LogP contribution in [0.4, 0.5) is 11.8 Å². The smallest absolute Gasteiger partial charge is 0.225 e. The third-order valence-corrected chi connectivity index (χ3v) is 4.53. The molecule has 0 saturated carbocycles. The number of nitrogens with zero attached hydrogens (tertiary/aromatic N) is 3. The Balaban J connectivity index is 2.42. The van der Waals surface area contributed by atoms with Gasteiger partial charge in [0.15, 0.2) is 0 Å². The maximum Gasteiger partial charge on any atom is 0.225 e. The maximum absolute atomic E-state index is 4.75. The molecule has 4 nitrogen and oxygen atoms in total. The largest absolute Gasteiger partial charge is 0.357 e. The number of aryl methyl sites for hydroxylation is 1. The zero-order valence-corrected chi connectivity index (χ0v) is 14.4. The fourth-order valence-electron chi connectivity index (χ4n) is 2.40. The highest BCUT2D eigenvalue weighted by molar-refractivity contribution is 7.18. The van der Waals surface area contributed by atoms with E-state index >= 15 is 0 Å². The first-order chi connectivity index (χ1) is 10.2. The van der Waals surface area contributed by atoms with Crippen LogP contribution in [0.1, 0.15) is 44.4 Å². The second-order valence-corrected chi connectivity index (χ2v) is 6.63. The number of anilines is 2. The Hall–Kier alpha value is -1.36. The standard InChI is InChI=1S/C16H26N4S/c1-5-7-9-20(10-8-6-2)14-13-11-12(3)21-15(13)19-16(17-4)18-14/h11H,5-10H2,1-4H3,(H,17,18,19). The Bertz CT molecular complexity index is 571. The monoisotopic (exact) mass is 306 g/mol. The highest BCUT2D eigenvalue weighted by atomic mass is 32.1. The van der Waals surface area contributed by atoms with Gasteiger partial charge in [0.2, 0.25) is 5.95 Å². The van der Waals surface area contributed by atoms with Crippen LogP contribution in [0.2, 0.25) is 0 Å². The SMILES string of the molecule is CCCCN(CCCC)c1nc(NC)nc2sc(C)cc12. The fourth-order valence-corrected chi connectivity index (χ4v) is 3.28. The molecule has 0 radical (unpaired) electrons. The third kappa shape index (κ3) is 3.84. The molecule has 0 unspecified atom stereocenters. The molecule has 0 atom stereocenters. The van der Waals surface area contributed by atoms with Gasteiger partial charge in [-0.1, -0.05) is 26.7 Å². The lowest BCUT2D eigenvalue weighted by atomic mass is 10.2.